The lowest BCUT2D eigenvalue weighted by atomic mass is 10.2. The van der Waals surface area contributed by atoms with Gasteiger partial charge in [-0.15, -0.1) is 13.5 Å². The summed E-state index contributed by atoms with van der Waals surface area (Å²) < 4.78 is 52.7. The third kappa shape index (κ3) is 6.89. The SMILES string of the molecule is C1=CCC(CN2CCCOP23=NP(ON2CCCC2)(ON2CCCC2)=NP(ON2CCCC2)(ON2CCCC2)=N3)=C1. The van der Waals surface area contributed by atoms with Crippen LogP contribution in [0.2, 0.25) is 0 Å². The van der Waals surface area contributed by atoms with Crippen LogP contribution < -0.4 is 0 Å². The van der Waals surface area contributed by atoms with Crippen LogP contribution in [0.1, 0.15) is 64.2 Å². The molecule has 1 unspecified atom stereocenters. The van der Waals surface area contributed by atoms with Crippen molar-refractivity contribution in [2.75, 3.05) is 72.1 Å². The average Bonchev–Trinajstić information content (AvgIpc) is 3.77. The Kier molecular flexibility index (Phi) is 9.36. The van der Waals surface area contributed by atoms with E-state index >= 15 is 0 Å². The number of hydroxylamine groups is 8. The van der Waals surface area contributed by atoms with Crippen molar-refractivity contribution in [2.45, 2.75) is 64.2 Å². The zero-order chi connectivity index (χ0) is 27.6. The van der Waals surface area contributed by atoms with Crippen molar-refractivity contribution in [1.82, 2.24) is 24.9 Å². The van der Waals surface area contributed by atoms with E-state index in [1.165, 1.54) is 5.57 Å². The third-order valence-electron chi connectivity index (χ3n) is 8.26. The van der Waals surface area contributed by atoms with Crippen LogP contribution in [0.25, 0.3) is 0 Å². The van der Waals surface area contributed by atoms with E-state index in [0.717, 1.165) is 130 Å². The summed E-state index contributed by atoms with van der Waals surface area (Å²) in [5, 5.41) is 7.99. The Bertz CT molecular complexity index is 1090. The molecule has 0 N–H and O–H groups in total. The standard InChI is InChI=1S/C25H45N8O5P3/c1-2-13-25(12-1)24-33-22-11-23-34-39(33)26-40(35-29-14-3-4-15-29,36-30-16-5-6-17-30)28-41(27-39,37-31-18-7-8-19-31)38-32-20-9-10-21-32/h1-2,12H,3-11,13-24H2. The fourth-order valence-corrected chi connectivity index (χ4v) is 16.6. The van der Waals surface area contributed by atoms with Crippen molar-refractivity contribution < 1.29 is 23.0 Å². The molecule has 7 aliphatic rings. The number of rotatable bonds is 10. The van der Waals surface area contributed by atoms with E-state index in [0.29, 0.717) is 6.61 Å². The molecular formula is C25H45N8O5P3. The van der Waals surface area contributed by atoms with Crippen molar-refractivity contribution in [3.05, 3.63) is 23.8 Å². The van der Waals surface area contributed by atoms with Gasteiger partial charge in [0, 0.05) is 65.4 Å². The lowest BCUT2D eigenvalue weighted by Crippen LogP contribution is -2.31. The molecule has 0 amide bonds. The minimum Gasteiger partial charge on any atom is -0.315 e. The van der Waals surface area contributed by atoms with Crippen molar-refractivity contribution in [3.8, 4) is 0 Å². The maximum absolute atomic E-state index is 6.84. The largest absolute Gasteiger partial charge is 0.382 e. The summed E-state index contributed by atoms with van der Waals surface area (Å²) in [4.78, 5) is 0. The molecule has 0 aromatic rings. The van der Waals surface area contributed by atoms with Gasteiger partial charge in [-0.25, -0.2) is 23.2 Å². The zero-order valence-electron chi connectivity index (χ0n) is 24.0. The topological polar surface area (TPSA) is 99.4 Å². The molecular weight excluding hydrogens is 585 g/mol. The van der Waals surface area contributed by atoms with E-state index in [4.69, 9.17) is 36.6 Å². The predicted octanol–water partition coefficient (Wildman–Crippen LogP) is 6.56. The summed E-state index contributed by atoms with van der Waals surface area (Å²) in [6.45, 7) is 8.76. The maximum Gasteiger partial charge on any atom is 0.382 e. The van der Waals surface area contributed by atoms with Crippen LogP contribution in [-0.2, 0) is 23.0 Å². The fraction of sp³-hybridized carbons (Fsp3) is 0.840. The monoisotopic (exact) mass is 630 g/mol. The molecule has 5 fully saturated rings. The molecule has 230 valence electrons. The van der Waals surface area contributed by atoms with Gasteiger partial charge in [0.2, 0.25) is 0 Å². The summed E-state index contributed by atoms with van der Waals surface area (Å²) in [5.41, 5.74) is 1.33. The van der Waals surface area contributed by atoms with Crippen LogP contribution in [0.5, 0.6) is 0 Å². The van der Waals surface area contributed by atoms with Crippen LogP contribution in [0.4, 0.5) is 0 Å². The van der Waals surface area contributed by atoms with Gasteiger partial charge in [0.05, 0.1) is 6.61 Å². The minimum absolute atomic E-state index is 0.579. The Balaban J connectivity index is 1.38. The van der Waals surface area contributed by atoms with Crippen molar-refractivity contribution in [1.29, 1.82) is 0 Å². The Morgan fingerprint density at radius 3 is 1.56 bits per heavy atom. The van der Waals surface area contributed by atoms with Gasteiger partial charge in [-0.3, -0.25) is 0 Å². The van der Waals surface area contributed by atoms with E-state index in [1.807, 2.05) is 20.3 Å². The van der Waals surface area contributed by atoms with E-state index in [9.17, 15) is 0 Å². The minimum atomic E-state index is -3.34. The van der Waals surface area contributed by atoms with Crippen molar-refractivity contribution in [3.63, 3.8) is 0 Å². The fourth-order valence-electron chi connectivity index (χ4n) is 6.16. The van der Waals surface area contributed by atoms with Crippen molar-refractivity contribution >= 4 is 22.9 Å². The first-order chi connectivity index (χ1) is 20.1. The van der Waals surface area contributed by atoms with Gasteiger partial charge >= 0.3 is 15.3 Å². The van der Waals surface area contributed by atoms with E-state index < -0.39 is 22.9 Å². The molecule has 16 heteroatoms. The molecule has 5 saturated heterocycles. The molecule has 0 saturated carbocycles. The molecule has 0 bridgehead atoms. The molecule has 0 radical (unpaired) electrons. The number of allylic oxidation sites excluding steroid dienone is 3. The molecule has 6 heterocycles. The Labute approximate surface area is 244 Å². The number of nitrogens with zero attached hydrogens (tertiary/aromatic N) is 8. The van der Waals surface area contributed by atoms with Crippen LogP contribution in [0.15, 0.2) is 37.3 Å². The van der Waals surface area contributed by atoms with Gasteiger partial charge in [0.25, 0.3) is 7.58 Å². The van der Waals surface area contributed by atoms with E-state index in [2.05, 4.69) is 22.9 Å². The third-order valence-corrected chi connectivity index (χ3v) is 17.1. The summed E-state index contributed by atoms with van der Waals surface area (Å²) in [6.07, 6.45) is 17.0. The highest BCUT2D eigenvalue weighted by Crippen LogP contribution is 2.82. The second-order valence-electron chi connectivity index (χ2n) is 11.7. The first kappa shape index (κ1) is 29.5. The van der Waals surface area contributed by atoms with Gasteiger partial charge < -0.3 is 4.52 Å². The zero-order valence-corrected chi connectivity index (χ0v) is 26.7. The second-order valence-corrected chi connectivity index (χ2v) is 18.3. The first-order valence-corrected chi connectivity index (χ1v) is 20.2. The summed E-state index contributed by atoms with van der Waals surface area (Å²) in [7, 11) is -9.68. The molecule has 1 spiro atoms. The predicted molar refractivity (Wildman–Crippen MR) is 160 cm³/mol. The van der Waals surface area contributed by atoms with Gasteiger partial charge in [-0.1, -0.05) is 23.8 Å². The highest BCUT2D eigenvalue weighted by atomic mass is 31.3. The number of hydrogen-bond acceptors (Lipinski definition) is 13. The molecule has 13 nitrogen and oxygen atoms in total. The van der Waals surface area contributed by atoms with E-state index in [1.54, 1.807) is 0 Å². The highest BCUT2D eigenvalue weighted by molar-refractivity contribution is 7.79. The second kappa shape index (κ2) is 13.0. The Morgan fingerprint density at radius 2 is 1.10 bits per heavy atom. The molecule has 1 aliphatic carbocycles. The lowest BCUT2D eigenvalue weighted by molar-refractivity contribution is -0.0998. The summed E-state index contributed by atoms with van der Waals surface area (Å²) in [6, 6.07) is 0. The molecule has 1 atom stereocenters. The molecule has 41 heavy (non-hydrogen) atoms. The smallest absolute Gasteiger partial charge is 0.315 e. The Morgan fingerprint density at radius 1 is 0.610 bits per heavy atom. The van der Waals surface area contributed by atoms with Crippen LogP contribution in [-0.4, -0.2) is 97.0 Å². The normalized spacial score (nSPS) is 32.9. The molecule has 0 aromatic carbocycles. The Hall–Kier alpha value is -0.230. The summed E-state index contributed by atoms with van der Waals surface area (Å²) >= 11 is 0. The van der Waals surface area contributed by atoms with Gasteiger partial charge in [-0.05, 0) is 64.2 Å². The van der Waals surface area contributed by atoms with Crippen molar-refractivity contribution in [2.24, 2.45) is 13.5 Å². The first-order valence-electron chi connectivity index (χ1n) is 15.6. The summed E-state index contributed by atoms with van der Waals surface area (Å²) in [5.74, 6) is 0. The lowest BCUT2D eigenvalue weighted by Gasteiger charge is -2.42. The van der Waals surface area contributed by atoms with Crippen LogP contribution in [0.3, 0.4) is 0 Å². The van der Waals surface area contributed by atoms with Crippen LogP contribution >= 0.6 is 22.9 Å². The highest BCUT2D eigenvalue weighted by Gasteiger charge is 2.50. The van der Waals surface area contributed by atoms with Crippen LogP contribution in [0, 0.1) is 0 Å². The molecule has 6 aliphatic heterocycles. The van der Waals surface area contributed by atoms with E-state index in [-0.39, 0.29) is 0 Å². The molecule has 0 aromatic heterocycles. The maximum atomic E-state index is 6.84. The van der Waals surface area contributed by atoms with Gasteiger partial charge in [0.15, 0.2) is 0 Å². The quantitative estimate of drug-likeness (QED) is 0.247. The number of hydrogen-bond donors (Lipinski definition) is 0. The van der Waals surface area contributed by atoms with Gasteiger partial charge in [-0.2, -0.15) is 20.3 Å². The average molecular weight is 631 g/mol. The van der Waals surface area contributed by atoms with Gasteiger partial charge in [0.1, 0.15) is 0 Å². The molecule has 7 rings (SSSR count).